The first kappa shape index (κ1) is 17.7. The minimum Gasteiger partial charge on any atom is -0.479 e. The lowest BCUT2D eigenvalue weighted by atomic mass is 9.71. The molecule has 0 bridgehead atoms. The van der Waals surface area contributed by atoms with Crippen molar-refractivity contribution in [2.45, 2.75) is 65.0 Å². The van der Waals surface area contributed by atoms with Gasteiger partial charge in [0.25, 0.3) is 5.92 Å². The average molecular weight is 307 g/mol. The highest BCUT2D eigenvalue weighted by molar-refractivity contribution is 5.86. The number of hydrogen-bond donors (Lipinski definition) is 1. The Balaban J connectivity index is 3.32. The molecule has 5 nitrogen and oxygen atoms in total. The highest BCUT2D eigenvalue weighted by atomic mass is 19.3. The van der Waals surface area contributed by atoms with E-state index in [9.17, 15) is 23.5 Å². The molecule has 122 valence electrons. The van der Waals surface area contributed by atoms with Crippen LogP contribution in [0, 0.1) is 5.41 Å². The van der Waals surface area contributed by atoms with Crippen molar-refractivity contribution in [1.29, 1.82) is 0 Å². The normalized spacial score (nSPS) is 25.8. The lowest BCUT2D eigenvalue weighted by molar-refractivity contribution is -0.157. The highest BCUT2D eigenvalue weighted by Gasteiger charge is 2.66. The Morgan fingerprint density at radius 3 is 1.95 bits per heavy atom. The van der Waals surface area contributed by atoms with Crippen LogP contribution >= 0.6 is 0 Å². The van der Waals surface area contributed by atoms with Gasteiger partial charge in [0.05, 0.1) is 6.54 Å². The monoisotopic (exact) mass is 307 g/mol. The van der Waals surface area contributed by atoms with E-state index in [1.54, 1.807) is 20.8 Å². The van der Waals surface area contributed by atoms with Crippen LogP contribution in [0.1, 0.15) is 48.0 Å². The number of halogens is 2. The van der Waals surface area contributed by atoms with E-state index in [1.165, 1.54) is 20.8 Å². The van der Waals surface area contributed by atoms with Gasteiger partial charge in [-0.2, -0.15) is 0 Å². The lowest BCUT2D eigenvalue weighted by Gasteiger charge is -2.43. The van der Waals surface area contributed by atoms with E-state index in [0.29, 0.717) is 4.90 Å². The van der Waals surface area contributed by atoms with Gasteiger partial charge in [-0.1, -0.05) is 20.8 Å². The Morgan fingerprint density at radius 1 is 1.14 bits per heavy atom. The number of likely N-dealkylation sites (tertiary alicyclic amines) is 1. The fourth-order valence-electron chi connectivity index (χ4n) is 2.61. The summed E-state index contributed by atoms with van der Waals surface area (Å²) in [7, 11) is 0. The first-order valence-electron chi connectivity index (χ1n) is 6.74. The van der Waals surface area contributed by atoms with Crippen molar-refractivity contribution in [2.24, 2.45) is 5.41 Å². The molecule has 1 rings (SSSR count). The summed E-state index contributed by atoms with van der Waals surface area (Å²) in [5.74, 6) is -4.71. The quantitative estimate of drug-likeness (QED) is 0.808. The van der Waals surface area contributed by atoms with Gasteiger partial charge >= 0.3 is 12.1 Å². The fourth-order valence-corrected chi connectivity index (χ4v) is 2.61. The molecule has 1 fully saturated rings. The molecule has 0 unspecified atom stereocenters. The third-order valence-electron chi connectivity index (χ3n) is 3.57. The maximum Gasteiger partial charge on any atom is 0.411 e. The van der Waals surface area contributed by atoms with Crippen LogP contribution in [0.15, 0.2) is 0 Å². The van der Waals surface area contributed by atoms with Crippen molar-refractivity contribution in [3.8, 4) is 0 Å². The molecule has 1 aliphatic heterocycles. The van der Waals surface area contributed by atoms with Crippen LogP contribution in [-0.2, 0) is 9.53 Å². The number of ether oxygens (including phenoxy) is 1. The number of nitrogens with zero attached hydrogens (tertiary/aromatic N) is 1. The van der Waals surface area contributed by atoms with E-state index in [4.69, 9.17) is 4.74 Å². The zero-order valence-corrected chi connectivity index (χ0v) is 13.3. The van der Waals surface area contributed by atoms with Gasteiger partial charge in [0.1, 0.15) is 5.60 Å². The standard InChI is InChI=1S/C14H23F2NO4/c1-11(2,3)14(9(18)19)7-13(15,16)8-17(14)10(20)21-12(4,5)6/h7-8H2,1-6H3,(H,18,19)/t14-/m1/s1. The molecule has 1 atom stereocenters. The van der Waals surface area contributed by atoms with Crippen LogP contribution in [0.4, 0.5) is 13.6 Å². The number of carbonyl (C=O) groups excluding carboxylic acids is 1. The van der Waals surface area contributed by atoms with Crippen LogP contribution in [0.3, 0.4) is 0 Å². The molecular formula is C14H23F2NO4. The first-order chi connectivity index (χ1) is 9.12. The van der Waals surface area contributed by atoms with Gasteiger partial charge in [-0.15, -0.1) is 0 Å². The van der Waals surface area contributed by atoms with Gasteiger partial charge in [0.2, 0.25) is 0 Å². The van der Waals surface area contributed by atoms with Crippen molar-refractivity contribution >= 4 is 12.1 Å². The minimum absolute atomic E-state index is 0.667. The summed E-state index contributed by atoms with van der Waals surface area (Å²) in [6, 6.07) is 0. The molecule has 0 aromatic heterocycles. The van der Waals surface area contributed by atoms with Crippen LogP contribution in [0.5, 0.6) is 0 Å². The Labute approximate surface area is 123 Å². The number of amides is 1. The number of carboxylic acids is 1. The second-order valence-corrected chi connectivity index (χ2v) is 7.51. The van der Waals surface area contributed by atoms with Crippen LogP contribution in [-0.4, -0.2) is 45.7 Å². The van der Waals surface area contributed by atoms with Gasteiger partial charge in [0, 0.05) is 6.42 Å². The van der Waals surface area contributed by atoms with Gasteiger partial charge in [-0.05, 0) is 26.2 Å². The van der Waals surface area contributed by atoms with Crippen LogP contribution in [0.25, 0.3) is 0 Å². The Morgan fingerprint density at radius 2 is 1.62 bits per heavy atom. The van der Waals surface area contributed by atoms with Crippen molar-refractivity contribution in [3.63, 3.8) is 0 Å². The second kappa shape index (κ2) is 4.81. The molecule has 1 N–H and O–H groups in total. The van der Waals surface area contributed by atoms with E-state index in [0.717, 1.165) is 0 Å². The predicted octanol–water partition coefficient (Wildman–Crippen LogP) is 3.13. The molecule has 0 radical (unpaired) electrons. The summed E-state index contributed by atoms with van der Waals surface area (Å²) in [6.45, 7) is 8.42. The van der Waals surface area contributed by atoms with E-state index in [1.807, 2.05) is 0 Å². The summed E-state index contributed by atoms with van der Waals surface area (Å²) < 4.78 is 32.8. The van der Waals surface area contributed by atoms with Crippen LogP contribution < -0.4 is 0 Å². The van der Waals surface area contributed by atoms with Gasteiger partial charge in [-0.3, -0.25) is 4.90 Å². The molecule has 21 heavy (non-hydrogen) atoms. The van der Waals surface area contributed by atoms with Gasteiger partial charge in [-0.25, -0.2) is 18.4 Å². The summed E-state index contributed by atoms with van der Waals surface area (Å²) in [5.41, 5.74) is -3.97. The molecule has 1 aliphatic rings. The largest absolute Gasteiger partial charge is 0.479 e. The van der Waals surface area contributed by atoms with E-state index in [-0.39, 0.29) is 0 Å². The Hall–Kier alpha value is -1.40. The molecule has 0 aromatic carbocycles. The smallest absolute Gasteiger partial charge is 0.411 e. The maximum absolute atomic E-state index is 13.9. The van der Waals surface area contributed by atoms with Gasteiger partial charge in [0.15, 0.2) is 5.54 Å². The highest BCUT2D eigenvalue weighted by Crippen LogP contribution is 2.49. The Bertz CT molecular complexity index is 451. The van der Waals surface area contributed by atoms with E-state index >= 15 is 0 Å². The fraction of sp³-hybridized carbons (Fsp3) is 0.857. The topological polar surface area (TPSA) is 66.8 Å². The summed E-state index contributed by atoms with van der Waals surface area (Å²) in [4.78, 5) is 24.6. The number of rotatable bonds is 1. The van der Waals surface area contributed by atoms with Crippen molar-refractivity contribution in [1.82, 2.24) is 4.90 Å². The Kier molecular flexibility index (Phi) is 4.05. The van der Waals surface area contributed by atoms with Crippen molar-refractivity contribution < 1.29 is 28.2 Å². The van der Waals surface area contributed by atoms with Gasteiger partial charge < -0.3 is 9.84 Å². The number of aliphatic carboxylic acids is 1. The molecule has 0 aromatic rings. The minimum atomic E-state index is -3.26. The lowest BCUT2D eigenvalue weighted by Crippen LogP contribution is -2.61. The third kappa shape index (κ3) is 3.27. The van der Waals surface area contributed by atoms with E-state index in [2.05, 4.69) is 0 Å². The summed E-state index contributed by atoms with van der Waals surface area (Å²) in [6.07, 6.45) is -1.95. The zero-order chi connectivity index (χ0) is 16.9. The number of carbonyl (C=O) groups is 2. The molecule has 7 heteroatoms. The molecular weight excluding hydrogens is 284 g/mol. The molecule has 1 saturated heterocycles. The summed E-state index contributed by atoms with van der Waals surface area (Å²) >= 11 is 0. The summed E-state index contributed by atoms with van der Waals surface area (Å²) in [5, 5.41) is 9.57. The number of hydrogen-bond acceptors (Lipinski definition) is 3. The average Bonchev–Trinajstić information content (AvgIpc) is 2.48. The molecule has 0 spiro atoms. The molecule has 1 amide bonds. The first-order valence-corrected chi connectivity index (χ1v) is 6.74. The predicted molar refractivity (Wildman–Crippen MR) is 72.3 cm³/mol. The second-order valence-electron chi connectivity index (χ2n) is 7.51. The van der Waals surface area contributed by atoms with Crippen molar-refractivity contribution in [2.75, 3.05) is 6.54 Å². The molecule has 0 saturated carbocycles. The number of alkyl halides is 2. The SMILES string of the molecule is CC(C)(C)OC(=O)N1CC(F)(F)C[C@@]1(C(=O)O)C(C)(C)C. The molecule has 1 heterocycles. The maximum atomic E-state index is 13.9. The van der Waals surface area contributed by atoms with E-state index < -0.39 is 47.5 Å². The third-order valence-corrected chi connectivity index (χ3v) is 3.57. The van der Waals surface area contributed by atoms with Crippen LogP contribution in [0.2, 0.25) is 0 Å². The zero-order valence-electron chi connectivity index (χ0n) is 13.3. The van der Waals surface area contributed by atoms with Crippen molar-refractivity contribution in [3.05, 3.63) is 0 Å². The number of carboxylic acid groups (broad SMARTS) is 1. The molecule has 0 aliphatic carbocycles.